The Hall–Kier alpha value is -1.59. The van der Waals surface area contributed by atoms with Gasteiger partial charge in [-0.2, -0.15) is 0 Å². The molecule has 100 valence electrons. The zero-order valence-electron chi connectivity index (χ0n) is 10.7. The molecule has 0 atom stereocenters. The Morgan fingerprint density at radius 2 is 2.26 bits per heavy atom. The molecule has 0 aliphatic carbocycles. The lowest BCUT2D eigenvalue weighted by molar-refractivity contribution is -0.114. The number of nitrogens with one attached hydrogen (secondary N) is 2. The van der Waals surface area contributed by atoms with Crippen molar-refractivity contribution in [3.8, 4) is 0 Å². The second-order valence-electron chi connectivity index (χ2n) is 4.14. The highest BCUT2D eigenvalue weighted by Crippen LogP contribution is 2.25. The van der Waals surface area contributed by atoms with E-state index < -0.39 is 0 Å². The maximum Gasteiger partial charge on any atom is 0.221 e. The predicted octanol–water partition coefficient (Wildman–Crippen LogP) is 3.68. The minimum Gasteiger partial charge on any atom is -0.378 e. The Morgan fingerprint density at radius 1 is 1.47 bits per heavy atom. The number of carbonyl (C=O) groups excluding carboxylic acids is 1. The van der Waals surface area contributed by atoms with Crippen LogP contribution in [-0.2, 0) is 11.3 Å². The number of halogens is 1. The van der Waals surface area contributed by atoms with Crippen LogP contribution in [0.1, 0.15) is 17.4 Å². The van der Waals surface area contributed by atoms with Gasteiger partial charge < -0.3 is 10.6 Å². The Kier molecular flexibility index (Phi) is 4.39. The van der Waals surface area contributed by atoms with Crippen LogP contribution in [-0.4, -0.2) is 10.9 Å². The van der Waals surface area contributed by atoms with Gasteiger partial charge in [-0.1, -0.05) is 11.6 Å². The first-order valence-electron chi connectivity index (χ1n) is 5.76. The quantitative estimate of drug-likeness (QED) is 0.846. The van der Waals surface area contributed by atoms with E-state index in [1.54, 1.807) is 17.5 Å². The van der Waals surface area contributed by atoms with Gasteiger partial charge >= 0.3 is 0 Å². The van der Waals surface area contributed by atoms with E-state index in [9.17, 15) is 4.79 Å². The molecule has 0 fully saturated rings. The van der Waals surface area contributed by atoms with Gasteiger partial charge in [-0.3, -0.25) is 4.79 Å². The Bertz CT molecular complexity index is 597. The topological polar surface area (TPSA) is 54.0 Å². The number of hydrogen-bond acceptors (Lipinski definition) is 4. The molecule has 0 bridgehead atoms. The van der Waals surface area contributed by atoms with E-state index in [4.69, 9.17) is 11.6 Å². The van der Waals surface area contributed by atoms with Crippen LogP contribution in [0.4, 0.5) is 11.4 Å². The van der Waals surface area contributed by atoms with E-state index in [-0.39, 0.29) is 5.91 Å². The number of anilines is 2. The molecule has 19 heavy (non-hydrogen) atoms. The summed E-state index contributed by atoms with van der Waals surface area (Å²) in [5.74, 6) is -0.0742. The van der Waals surface area contributed by atoms with Gasteiger partial charge in [0, 0.05) is 18.0 Å². The zero-order chi connectivity index (χ0) is 13.8. The van der Waals surface area contributed by atoms with E-state index >= 15 is 0 Å². The van der Waals surface area contributed by atoms with Gasteiger partial charge in [-0.15, -0.1) is 11.3 Å². The summed E-state index contributed by atoms with van der Waals surface area (Å²) < 4.78 is 0. The van der Waals surface area contributed by atoms with E-state index in [2.05, 4.69) is 15.6 Å². The normalized spacial score (nSPS) is 10.3. The third-order valence-corrected chi connectivity index (χ3v) is 3.69. The second-order valence-corrected chi connectivity index (χ2v) is 5.50. The SMILES string of the molecule is CC(=O)Nc1ccsc1CNc1cc(C)cnc1Cl. The van der Waals surface area contributed by atoms with Gasteiger partial charge in [0.1, 0.15) is 0 Å². The van der Waals surface area contributed by atoms with Crippen molar-refractivity contribution >= 4 is 40.2 Å². The molecule has 0 saturated carbocycles. The predicted molar refractivity (Wildman–Crippen MR) is 79.9 cm³/mol. The second kappa shape index (κ2) is 6.04. The van der Waals surface area contributed by atoms with Gasteiger partial charge in [-0.25, -0.2) is 4.98 Å². The van der Waals surface area contributed by atoms with Gasteiger partial charge in [0.15, 0.2) is 5.15 Å². The average molecular weight is 296 g/mol. The number of nitrogens with zero attached hydrogens (tertiary/aromatic N) is 1. The lowest BCUT2D eigenvalue weighted by Gasteiger charge is -2.09. The highest BCUT2D eigenvalue weighted by Gasteiger charge is 2.07. The molecule has 0 radical (unpaired) electrons. The van der Waals surface area contributed by atoms with Crippen molar-refractivity contribution in [3.05, 3.63) is 39.3 Å². The van der Waals surface area contributed by atoms with Crippen LogP contribution in [0.3, 0.4) is 0 Å². The molecule has 2 rings (SSSR count). The van der Waals surface area contributed by atoms with Gasteiger partial charge in [-0.05, 0) is 30.0 Å². The highest BCUT2D eigenvalue weighted by atomic mass is 35.5. The molecule has 4 nitrogen and oxygen atoms in total. The minimum atomic E-state index is -0.0742. The number of carbonyl (C=O) groups is 1. The summed E-state index contributed by atoms with van der Waals surface area (Å²) in [4.78, 5) is 16.2. The molecular weight excluding hydrogens is 282 g/mol. The average Bonchev–Trinajstić information content (AvgIpc) is 2.77. The maximum atomic E-state index is 11.1. The number of aromatic nitrogens is 1. The summed E-state index contributed by atoms with van der Waals surface area (Å²) in [5, 5.41) is 8.42. The van der Waals surface area contributed by atoms with Crippen LogP contribution < -0.4 is 10.6 Å². The van der Waals surface area contributed by atoms with Crippen LogP contribution in [0, 0.1) is 6.92 Å². The molecule has 2 N–H and O–H groups in total. The Labute approximate surface area is 120 Å². The number of aryl methyl sites for hydroxylation is 1. The molecule has 2 heterocycles. The van der Waals surface area contributed by atoms with E-state index in [1.807, 2.05) is 24.4 Å². The molecular formula is C13H14ClN3OS. The Morgan fingerprint density at radius 3 is 3.00 bits per heavy atom. The van der Waals surface area contributed by atoms with Crippen LogP contribution in [0.15, 0.2) is 23.7 Å². The smallest absolute Gasteiger partial charge is 0.221 e. The van der Waals surface area contributed by atoms with Crippen LogP contribution in [0.2, 0.25) is 5.15 Å². The largest absolute Gasteiger partial charge is 0.378 e. The fourth-order valence-electron chi connectivity index (χ4n) is 1.63. The van der Waals surface area contributed by atoms with Crippen molar-refractivity contribution in [2.45, 2.75) is 20.4 Å². The van der Waals surface area contributed by atoms with Crippen molar-refractivity contribution in [2.24, 2.45) is 0 Å². The molecule has 0 aromatic carbocycles. The van der Waals surface area contributed by atoms with E-state index in [0.717, 1.165) is 21.8 Å². The molecule has 0 saturated heterocycles. The number of pyridine rings is 1. The van der Waals surface area contributed by atoms with Crippen LogP contribution >= 0.6 is 22.9 Å². The first-order chi connectivity index (χ1) is 9.06. The lowest BCUT2D eigenvalue weighted by Crippen LogP contribution is -2.08. The fourth-order valence-corrected chi connectivity index (χ4v) is 2.57. The summed E-state index contributed by atoms with van der Waals surface area (Å²) in [6.45, 7) is 4.05. The van der Waals surface area contributed by atoms with Gasteiger partial charge in [0.05, 0.1) is 17.9 Å². The summed E-state index contributed by atoms with van der Waals surface area (Å²) >= 11 is 7.60. The maximum absolute atomic E-state index is 11.1. The fraction of sp³-hybridized carbons (Fsp3) is 0.231. The molecule has 2 aromatic rings. The van der Waals surface area contributed by atoms with Gasteiger partial charge in [0.25, 0.3) is 0 Å². The summed E-state index contributed by atoms with van der Waals surface area (Å²) in [7, 11) is 0. The van der Waals surface area contributed by atoms with E-state index in [1.165, 1.54) is 6.92 Å². The van der Waals surface area contributed by atoms with Crippen molar-refractivity contribution in [2.75, 3.05) is 10.6 Å². The molecule has 6 heteroatoms. The highest BCUT2D eigenvalue weighted by molar-refractivity contribution is 7.10. The first-order valence-corrected chi connectivity index (χ1v) is 7.02. The van der Waals surface area contributed by atoms with Crippen LogP contribution in [0.5, 0.6) is 0 Å². The van der Waals surface area contributed by atoms with Gasteiger partial charge in [0.2, 0.25) is 5.91 Å². The monoisotopic (exact) mass is 295 g/mol. The number of hydrogen-bond donors (Lipinski definition) is 2. The molecule has 0 spiro atoms. The van der Waals surface area contributed by atoms with Crippen molar-refractivity contribution in [3.63, 3.8) is 0 Å². The molecule has 2 aromatic heterocycles. The molecule has 0 aliphatic heterocycles. The molecule has 0 aliphatic rings. The number of rotatable bonds is 4. The summed E-state index contributed by atoms with van der Waals surface area (Å²) in [6.07, 6.45) is 1.72. The minimum absolute atomic E-state index is 0.0742. The van der Waals surface area contributed by atoms with Crippen molar-refractivity contribution < 1.29 is 4.79 Å². The molecule has 0 unspecified atom stereocenters. The summed E-state index contributed by atoms with van der Waals surface area (Å²) in [6, 6.07) is 3.83. The zero-order valence-corrected chi connectivity index (χ0v) is 12.2. The first kappa shape index (κ1) is 13.8. The standard InChI is InChI=1S/C13H14ClN3OS/c1-8-5-11(13(14)16-6-8)15-7-12-10(3-4-19-12)17-9(2)18/h3-6,15H,7H2,1-2H3,(H,17,18). The van der Waals surface area contributed by atoms with Crippen molar-refractivity contribution in [1.82, 2.24) is 4.98 Å². The number of thiophene rings is 1. The number of amides is 1. The lowest BCUT2D eigenvalue weighted by atomic mass is 10.3. The third kappa shape index (κ3) is 3.68. The Balaban J connectivity index is 2.08. The molecule has 1 amide bonds. The third-order valence-electron chi connectivity index (χ3n) is 2.47. The summed E-state index contributed by atoms with van der Waals surface area (Å²) in [5.41, 5.74) is 2.67. The van der Waals surface area contributed by atoms with E-state index in [0.29, 0.717) is 11.7 Å². The van der Waals surface area contributed by atoms with Crippen molar-refractivity contribution in [1.29, 1.82) is 0 Å². The van der Waals surface area contributed by atoms with Crippen LogP contribution in [0.25, 0.3) is 0 Å².